The summed E-state index contributed by atoms with van der Waals surface area (Å²) in [6.45, 7) is 3.98. The van der Waals surface area contributed by atoms with Crippen molar-refractivity contribution in [2.45, 2.75) is 32.2 Å². The SMILES string of the molecule is Cn1cc([C@H]2[C@H](N)C2(C)C)c(C(F)F)n1. The first kappa shape index (κ1) is 10.5. The van der Waals surface area contributed by atoms with E-state index in [1.807, 2.05) is 13.8 Å². The van der Waals surface area contributed by atoms with E-state index in [0.717, 1.165) is 0 Å². The van der Waals surface area contributed by atoms with Crippen molar-refractivity contribution in [2.24, 2.45) is 18.2 Å². The highest BCUT2D eigenvalue weighted by atomic mass is 19.3. The fraction of sp³-hybridized carbons (Fsp3) is 0.700. The van der Waals surface area contributed by atoms with Gasteiger partial charge in [-0.05, 0) is 5.41 Å². The maximum Gasteiger partial charge on any atom is 0.282 e. The lowest BCUT2D eigenvalue weighted by molar-refractivity contribution is 0.144. The predicted octanol–water partition coefficient (Wildman–Crippen LogP) is 1.81. The third-order valence-corrected chi connectivity index (χ3v) is 3.34. The maximum absolute atomic E-state index is 12.7. The first-order valence-corrected chi connectivity index (χ1v) is 4.93. The van der Waals surface area contributed by atoms with E-state index < -0.39 is 6.43 Å². The summed E-state index contributed by atoms with van der Waals surface area (Å²) in [4.78, 5) is 0. The van der Waals surface area contributed by atoms with Crippen LogP contribution in [0.3, 0.4) is 0 Å². The molecule has 1 heterocycles. The maximum atomic E-state index is 12.7. The molecule has 5 heteroatoms. The van der Waals surface area contributed by atoms with Crippen molar-refractivity contribution in [3.63, 3.8) is 0 Å². The van der Waals surface area contributed by atoms with Crippen molar-refractivity contribution in [2.75, 3.05) is 0 Å². The lowest BCUT2D eigenvalue weighted by Crippen LogP contribution is -2.06. The second-order valence-electron chi connectivity index (χ2n) is 4.77. The molecule has 84 valence electrons. The molecular weight excluding hydrogens is 200 g/mol. The summed E-state index contributed by atoms with van der Waals surface area (Å²) in [5.74, 6) is 0.00944. The third-order valence-electron chi connectivity index (χ3n) is 3.34. The summed E-state index contributed by atoms with van der Waals surface area (Å²) >= 11 is 0. The largest absolute Gasteiger partial charge is 0.327 e. The number of rotatable bonds is 2. The summed E-state index contributed by atoms with van der Waals surface area (Å²) < 4.78 is 26.8. The van der Waals surface area contributed by atoms with Crippen molar-refractivity contribution >= 4 is 0 Å². The van der Waals surface area contributed by atoms with Gasteiger partial charge in [0, 0.05) is 30.8 Å². The topological polar surface area (TPSA) is 43.8 Å². The zero-order chi connectivity index (χ0) is 11.4. The van der Waals surface area contributed by atoms with E-state index in [1.165, 1.54) is 4.68 Å². The van der Waals surface area contributed by atoms with Crippen LogP contribution in [0.15, 0.2) is 6.20 Å². The molecule has 2 rings (SSSR count). The number of alkyl halides is 2. The summed E-state index contributed by atoms with van der Waals surface area (Å²) in [6.07, 6.45) is -0.870. The van der Waals surface area contributed by atoms with Crippen LogP contribution in [0.1, 0.15) is 37.4 Å². The van der Waals surface area contributed by atoms with Gasteiger partial charge in [0.15, 0.2) is 0 Å². The number of hydrogen-bond acceptors (Lipinski definition) is 2. The van der Waals surface area contributed by atoms with Gasteiger partial charge in [0.05, 0.1) is 0 Å². The molecule has 2 atom stereocenters. The molecule has 1 saturated carbocycles. The Hall–Kier alpha value is -0.970. The number of aryl methyl sites for hydroxylation is 1. The average Bonchev–Trinajstić information content (AvgIpc) is 2.46. The molecule has 0 radical (unpaired) electrons. The fourth-order valence-electron chi connectivity index (χ4n) is 2.21. The number of nitrogens with two attached hydrogens (primary N) is 1. The summed E-state index contributed by atoms with van der Waals surface area (Å²) in [6, 6.07) is -0.0424. The summed E-state index contributed by atoms with van der Waals surface area (Å²) in [7, 11) is 1.65. The van der Waals surface area contributed by atoms with E-state index >= 15 is 0 Å². The van der Waals surface area contributed by atoms with Gasteiger partial charge in [-0.25, -0.2) is 8.78 Å². The van der Waals surface area contributed by atoms with Crippen LogP contribution in [-0.2, 0) is 7.05 Å². The standard InChI is InChI=1S/C10H15F2N3/c1-10(2)6(8(10)13)5-4-15(3)14-7(5)9(11)12/h4,6,8-9H,13H2,1-3H3/t6-,8-/m0/s1. The molecule has 0 bridgehead atoms. The Morgan fingerprint density at radius 3 is 2.47 bits per heavy atom. The molecule has 15 heavy (non-hydrogen) atoms. The number of hydrogen-bond donors (Lipinski definition) is 1. The second-order valence-corrected chi connectivity index (χ2v) is 4.77. The van der Waals surface area contributed by atoms with Gasteiger partial charge in [-0.2, -0.15) is 5.10 Å². The van der Waals surface area contributed by atoms with E-state index in [9.17, 15) is 8.78 Å². The van der Waals surface area contributed by atoms with Crippen LogP contribution in [-0.4, -0.2) is 15.8 Å². The Morgan fingerprint density at radius 2 is 2.07 bits per heavy atom. The van der Waals surface area contributed by atoms with Gasteiger partial charge < -0.3 is 5.73 Å². The Balaban J connectivity index is 2.37. The van der Waals surface area contributed by atoms with E-state index in [-0.39, 0.29) is 23.1 Å². The van der Waals surface area contributed by atoms with Crippen molar-refractivity contribution < 1.29 is 8.78 Å². The fourth-order valence-corrected chi connectivity index (χ4v) is 2.21. The summed E-state index contributed by atoms with van der Waals surface area (Å²) in [5.41, 5.74) is 6.26. The Bertz CT molecular complexity index is 384. The molecule has 0 amide bonds. The van der Waals surface area contributed by atoms with Crippen molar-refractivity contribution in [3.05, 3.63) is 17.5 Å². The Morgan fingerprint density at radius 1 is 1.53 bits per heavy atom. The molecular formula is C10H15F2N3. The minimum absolute atomic E-state index is 0.00944. The van der Waals surface area contributed by atoms with Gasteiger partial charge in [0.1, 0.15) is 5.69 Å². The van der Waals surface area contributed by atoms with E-state index in [4.69, 9.17) is 5.73 Å². The summed E-state index contributed by atoms with van der Waals surface area (Å²) in [5, 5.41) is 3.78. The van der Waals surface area contributed by atoms with Gasteiger partial charge in [-0.3, -0.25) is 4.68 Å². The van der Waals surface area contributed by atoms with Crippen molar-refractivity contribution in [1.82, 2.24) is 9.78 Å². The zero-order valence-corrected chi connectivity index (χ0v) is 9.04. The van der Waals surface area contributed by atoms with Gasteiger partial charge in [-0.15, -0.1) is 0 Å². The van der Waals surface area contributed by atoms with E-state index in [1.54, 1.807) is 13.2 Å². The molecule has 2 N–H and O–H groups in total. The van der Waals surface area contributed by atoms with Crippen LogP contribution in [0.4, 0.5) is 8.78 Å². The lowest BCUT2D eigenvalue weighted by atomic mass is 10.0. The van der Waals surface area contributed by atoms with Crippen molar-refractivity contribution in [3.8, 4) is 0 Å². The smallest absolute Gasteiger partial charge is 0.282 e. The third kappa shape index (κ3) is 1.45. The molecule has 1 aromatic rings. The minimum Gasteiger partial charge on any atom is -0.327 e. The highest BCUT2D eigenvalue weighted by molar-refractivity contribution is 5.36. The van der Waals surface area contributed by atoms with Gasteiger partial charge in [0.25, 0.3) is 6.43 Å². The lowest BCUT2D eigenvalue weighted by Gasteiger charge is -2.01. The van der Waals surface area contributed by atoms with Gasteiger partial charge in [-0.1, -0.05) is 13.8 Å². The van der Waals surface area contributed by atoms with Crippen LogP contribution >= 0.6 is 0 Å². The molecule has 0 saturated heterocycles. The highest BCUT2D eigenvalue weighted by Gasteiger charge is 2.57. The van der Waals surface area contributed by atoms with Crippen LogP contribution in [0.2, 0.25) is 0 Å². The molecule has 0 spiro atoms. The molecule has 1 fully saturated rings. The molecule has 1 aliphatic rings. The van der Waals surface area contributed by atoms with Crippen LogP contribution in [0.5, 0.6) is 0 Å². The van der Waals surface area contributed by atoms with Gasteiger partial charge in [0.2, 0.25) is 0 Å². The van der Waals surface area contributed by atoms with E-state index in [0.29, 0.717) is 5.56 Å². The molecule has 0 aromatic carbocycles. The molecule has 3 nitrogen and oxygen atoms in total. The molecule has 0 aliphatic heterocycles. The minimum atomic E-state index is -2.52. The first-order chi connectivity index (χ1) is 6.85. The molecule has 1 aliphatic carbocycles. The molecule has 0 unspecified atom stereocenters. The Labute approximate surface area is 87.3 Å². The predicted molar refractivity (Wildman–Crippen MR) is 52.7 cm³/mol. The Kier molecular flexibility index (Phi) is 2.12. The van der Waals surface area contributed by atoms with Crippen LogP contribution in [0, 0.1) is 5.41 Å². The number of aromatic nitrogens is 2. The first-order valence-electron chi connectivity index (χ1n) is 4.93. The highest BCUT2D eigenvalue weighted by Crippen LogP contribution is 2.58. The number of nitrogens with zero attached hydrogens (tertiary/aromatic N) is 2. The zero-order valence-electron chi connectivity index (χ0n) is 9.04. The second kappa shape index (κ2) is 3.01. The van der Waals surface area contributed by atoms with E-state index in [2.05, 4.69) is 5.10 Å². The van der Waals surface area contributed by atoms with Gasteiger partial charge >= 0.3 is 0 Å². The number of halogens is 2. The average molecular weight is 215 g/mol. The van der Waals surface area contributed by atoms with Crippen molar-refractivity contribution in [1.29, 1.82) is 0 Å². The molecule has 1 aromatic heterocycles. The quantitative estimate of drug-likeness (QED) is 0.817. The normalized spacial score (nSPS) is 28.5. The van der Waals surface area contributed by atoms with Crippen LogP contribution < -0.4 is 5.73 Å². The monoisotopic (exact) mass is 215 g/mol. The van der Waals surface area contributed by atoms with Crippen LogP contribution in [0.25, 0.3) is 0 Å².